The van der Waals surface area contributed by atoms with E-state index in [1.54, 1.807) is 0 Å². The van der Waals surface area contributed by atoms with E-state index in [0.717, 1.165) is 25.9 Å². The Morgan fingerprint density at radius 2 is 1.94 bits per heavy atom. The van der Waals surface area contributed by atoms with Gasteiger partial charge in [0.2, 0.25) is 5.91 Å². The Labute approximate surface area is 121 Å². The van der Waals surface area contributed by atoms with Crippen molar-refractivity contribution in [3.8, 4) is 0 Å². The molecule has 2 aliphatic rings. The second-order valence-corrected chi connectivity index (χ2v) is 6.73. The molecule has 1 amide bonds. The SMILES string of the molecule is CN1CC(NC(=O)C2(c3ccc(I)cc3)CC2)C1. The lowest BCUT2D eigenvalue weighted by Gasteiger charge is -2.37. The first-order valence-electron chi connectivity index (χ1n) is 6.36. The van der Waals surface area contributed by atoms with E-state index in [2.05, 4.69) is 64.1 Å². The lowest BCUT2D eigenvalue weighted by atomic mass is 9.94. The molecule has 1 saturated carbocycles. The number of rotatable bonds is 3. The summed E-state index contributed by atoms with van der Waals surface area (Å²) >= 11 is 2.29. The van der Waals surface area contributed by atoms with Crippen LogP contribution in [0.15, 0.2) is 24.3 Å². The van der Waals surface area contributed by atoms with Crippen LogP contribution < -0.4 is 5.32 Å². The van der Waals surface area contributed by atoms with E-state index in [0.29, 0.717) is 6.04 Å². The molecule has 3 nitrogen and oxygen atoms in total. The fraction of sp³-hybridized carbons (Fsp3) is 0.500. The van der Waals surface area contributed by atoms with E-state index in [1.165, 1.54) is 9.13 Å². The molecule has 96 valence electrons. The number of benzene rings is 1. The summed E-state index contributed by atoms with van der Waals surface area (Å²) in [5.41, 5.74) is 0.950. The molecule has 1 aliphatic heterocycles. The predicted molar refractivity (Wildman–Crippen MR) is 79.5 cm³/mol. The minimum Gasteiger partial charge on any atom is -0.350 e. The van der Waals surface area contributed by atoms with Crippen molar-refractivity contribution < 1.29 is 4.79 Å². The molecule has 0 radical (unpaired) electrons. The summed E-state index contributed by atoms with van der Waals surface area (Å²) in [6.45, 7) is 1.96. The fourth-order valence-corrected chi connectivity index (χ4v) is 3.01. The summed E-state index contributed by atoms with van der Waals surface area (Å²) in [6.07, 6.45) is 1.98. The van der Waals surface area contributed by atoms with Crippen LogP contribution in [0, 0.1) is 3.57 Å². The van der Waals surface area contributed by atoms with Gasteiger partial charge in [-0.2, -0.15) is 0 Å². The number of nitrogens with zero attached hydrogens (tertiary/aromatic N) is 1. The van der Waals surface area contributed by atoms with Crippen molar-refractivity contribution in [1.82, 2.24) is 10.2 Å². The molecular formula is C14H17IN2O. The smallest absolute Gasteiger partial charge is 0.230 e. The Kier molecular flexibility index (Phi) is 3.10. The number of likely N-dealkylation sites (N-methyl/N-ethyl adjacent to an activating group) is 1. The third kappa shape index (κ3) is 2.16. The van der Waals surface area contributed by atoms with E-state index in [1.807, 2.05) is 0 Å². The molecule has 1 aliphatic carbocycles. The quantitative estimate of drug-likeness (QED) is 0.838. The highest BCUT2D eigenvalue weighted by atomic mass is 127. The van der Waals surface area contributed by atoms with Crippen molar-refractivity contribution in [3.05, 3.63) is 33.4 Å². The normalized spacial score (nSPS) is 22.3. The van der Waals surface area contributed by atoms with Crippen LogP contribution in [0.3, 0.4) is 0 Å². The molecule has 18 heavy (non-hydrogen) atoms. The zero-order valence-corrected chi connectivity index (χ0v) is 12.6. The number of carbonyl (C=O) groups is 1. The Morgan fingerprint density at radius 3 is 2.44 bits per heavy atom. The highest BCUT2D eigenvalue weighted by Crippen LogP contribution is 2.48. The number of hydrogen-bond donors (Lipinski definition) is 1. The minimum absolute atomic E-state index is 0.224. The zero-order chi connectivity index (χ0) is 12.8. The third-order valence-electron chi connectivity index (χ3n) is 3.98. The van der Waals surface area contributed by atoms with Crippen molar-refractivity contribution in [2.45, 2.75) is 24.3 Å². The van der Waals surface area contributed by atoms with Crippen molar-refractivity contribution >= 4 is 28.5 Å². The zero-order valence-electron chi connectivity index (χ0n) is 10.4. The molecule has 3 rings (SSSR count). The van der Waals surface area contributed by atoms with E-state index in [4.69, 9.17) is 0 Å². The van der Waals surface area contributed by atoms with Crippen LogP contribution in [0.25, 0.3) is 0 Å². The van der Waals surface area contributed by atoms with Gasteiger partial charge in [0, 0.05) is 16.7 Å². The van der Waals surface area contributed by atoms with E-state index in [-0.39, 0.29) is 11.3 Å². The van der Waals surface area contributed by atoms with E-state index >= 15 is 0 Å². The molecule has 1 N–H and O–H groups in total. The van der Waals surface area contributed by atoms with Gasteiger partial charge in [-0.1, -0.05) is 12.1 Å². The molecule has 0 spiro atoms. The van der Waals surface area contributed by atoms with Gasteiger partial charge in [-0.15, -0.1) is 0 Å². The molecule has 0 bridgehead atoms. The Hall–Kier alpha value is -0.620. The van der Waals surface area contributed by atoms with Crippen molar-refractivity contribution in [2.24, 2.45) is 0 Å². The van der Waals surface area contributed by atoms with Gasteiger partial charge in [-0.3, -0.25) is 4.79 Å². The molecule has 0 atom stereocenters. The van der Waals surface area contributed by atoms with Crippen molar-refractivity contribution in [3.63, 3.8) is 0 Å². The number of amides is 1. The van der Waals surface area contributed by atoms with Crippen LogP contribution >= 0.6 is 22.6 Å². The highest BCUT2D eigenvalue weighted by molar-refractivity contribution is 14.1. The maximum atomic E-state index is 12.4. The van der Waals surface area contributed by atoms with Gasteiger partial charge in [0.1, 0.15) is 0 Å². The van der Waals surface area contributed by atoms with Crippen LogP contribution in [0.1, 0.15) is 18.4 Å². The molecular weight excluding hydrogens is 339 g/mol. The fourth-order valence-electron chi connectivity index (χ4n) is 2.65. The molecule has 0 aromatic heterocycles. The van der Waals surface area contributed by atoms with E-state index < -0.39 is 0 Å². The number of carbonyl (C=O) groups excluding carboxylic acids is 1. The first-order valence-corrected chi connectivity index (χ1v) is 7.44. The average molecular weight is 356 g/mol. The number of halogens is 1. The topological polar surface area (TPSA) is 32.3 Å². The van der Waals surface area contributed by atoms with Crippen LogP contribution in [0.2, 0.25) is 0 Å². The van der Waals surface area contributed by atoms with Crippen molar-refractivity contribution in [1.29, 1.82) is 0 Å². The van der Waals surface area contributed by atoms with Crippen LogP contribution in [-0.4, -0.2) is 37.0 Å². The summed E-state index contributed by atoms with van der Waals surface area (Å²) in [5.74, 6) is 0.224. The Balaban J connectivity index is 1.70. The van der Waals surface area contributed by atoms with Crippen LogP contribution in [-0.2, 0) is 10.2 Å². The maximum Gasteiger partial charge on any atom is 0.230 e. The first kappa shape index (κ1) is 12.4. The largest absolute Gasteiger partial charge is 0.350 e. The van der Waals surface area contributed by atoms with Gasteiger partial charge >= 0.3 is 0 Å². The Morgan fingerprint density at radius 1 is 1.33 bits per heavy atom. The number of hydrogen-bond acceptors (Lipinski definition) is 2. The lowest BCUT2D eigenvalue weighted by molar-refractivity contribution is -0.125. The summed E-state index contributed by atoms with van der Waals surface area (Å²) < 4.78 is 1.22. The first-order chi connectivity index (χ1) is 8.60. The summed E-state index contributed by atoms with van der Waals surface area (Å²) in [5, 5.41) is 3.18. The van der Waals surface area contributed by atoms with Gasteiger partial charge in [-0.25, -0.2) is 0 Å². The van der Waals surface area contributed by atoms with Gasteiger partial charge in [-0.05, 0) is 60.2 Å². The standard InChI is InChI=1S/C14H17IN2O/c1-17-8-12(9-17)16-13(18)14(6-7-14)10-2-4-11(15)5-3-10/h2-5,12H,6-9H2,1H3,(H,16,18). The van der Waals surface area contributed by atoms with Crippen LogP contribution in [0.5, 0.6) is 0 Å². The summed E-state index contributed by atoms with van der Waals surface area (Å²) in [6, 6.07) is 8.72. The van der Waals surface area contributed by atoms with E-state index in [9.17, 15) is 4.79 Å². The number of nitrogens with one attached hydrogen (secondary N) is 1. The predicted octanol–water partition coefficient (Wildman–Crippen LogP) is 1.75. The molecule has 2 fully saturated rings. The Bertz CT molecular complexity index is 461. The molecule has 0 unspecified atom stereocenters. The molecule has 1 saturated heterocycles. The minimum atomic E-state index is -0.224. The third-order valence-corrected chi connectivity index (χ3v) is 4.70. The highest BCUT2D eigenvalue weighted by Gasteiger charge is 2.51. The monoisotopic (exact) mass is 356 g/mol. The van der Waals surface area contributed by atoms with Crippen molar-refractivity contribution in [2.75, 3.05) is 20.1 Å². The second-order valence-electron chi connectivity index (χ2n) is 5.48. The molecule has 4 heteroatoms. The van der Waals surface area contributed by atoms with Gasteiger partial charge < -0.3 is 10.2 Å². The van der Waals surface area contributed by atoms with Gasteiger partial charge in [0.25, 0.3) is 0 Å². The maximum absolute atomic E-state index is 12.4. The molecule has 1 aromatic carbocycles. The molecule has 1 heterocycles. The second kappa shape index (κ2) is 4.49. The van der Waals surface area contributed by atoms with Gasteiger partial charge in [0.15, 0.2) is 0 Å². The average Bonchev–Trinajstić information content (AvgIpc) is 3.09. The lowest BCUT2D eigenvalue weighted by Crippen LogP contribution is -2.59. The van der Waals surface area contributed by atoms with Crippen LogP contribution in [0.4, 0.5) is 0 Å². The van der Waals surface area contributed by atoms with Gasteiger partial charge in [0.05, 0.1) is 11.5 Å². The molecule has 1 aromatic rings. The number of likely N-dealkylation sites (tertiary alicyclic amines) is 1. The summed E-state index contributed by atoms with van der Waals surface area (Å²) in [7, 11) is 2.08. The summed E-state index contributed by atoms with van der Waals surface area (Å²) in [4.78, 5) is 14.6.